The molecule has 0 aliphatic rings. The van der Waals surface area contributed by atoms with Gasteiger partial charge in [-0.1, -0.05) is 31.5 Å². The molecule has 2 rings (SSSR count). The molecule has 0 radical (unpaired) electrons. The van der Waals surface area contributed by atoms with Crippen molar-refractivity contribution in [2.45, 2.75) is 19.8 Å². The van der Waals surface area contributed by atoms with E-state index < -0.39 is 0 Å². The second-order valence-electron chi connectivity index (χ2n) is 4.14. The fourth-order valence-electron chi connectivity index (χ4n) is 1.85. The second kappa shape index (κ2) is 6.10. The van der Waals surface area contributed by atoms with Crippen LogP contribution in [-0.4, -0.2) is 7.11 Å². The summed E-state index contributed by atoms with van der Waals surface area (Å²) in [5, 5.41) is 0. The molecule has 0 N–H and O–H groups in total. The van der Waals surface area contributed by atoms with Crippen molar-refractivity contribution in [2.75, 3.05) is 7.11 Å². The third-order valence-electron chi connectivity index (χ3n) is 2.78. The SMILES string of the molecule is CCCc1ccccc1Oc1ccc(OC)cc1. The predicted molar refractivity (Wildman–Crippen MR) is 73.5 cm³/mol. The van der Waals surface area contributed by atoms with Crippen LogP contribution in [0.4, 0.5) is 0 Å². The molecule has 0 aromatic heterocycles. The van der Waals surface area contributed by atoms with E-state index in [1.165, 1.54) is 5.56 Å². The number of para-hydroxylation sites is 1. The highest BCUT2D eigenvalue weighted by Crippen LogP contribution is 2.27. The van der Waals surface area contributed by atoms with Gasteiger partial charge in [-0.3, -0.25) is 0 Å². The summed E-state index contributed by atoms with van der Waals surface area (Å²) in [7, 11) is 1.66. The Kier molecular flexibility index (Phi) is 4.24. The fourth-order valence-corrected chi connectivity index (χ4v) is 1.85. The Morgan fingerprint density at radius 1 is 0.889 bits per heavy atom. The Labute approximate surface area is 108 Å². The third kappa shape index (κ3) is 3.04. The molecule has 0 unspecified atom stereocenters. The maximum atomic E-state index is 5.91. The molecule has 0 atom stereocenters. The summed E-state index contributed by atoms with van der Waals surface area (Å²) < 4.78 is 11.0. The molecule has 0 amide bonds. The van der Waals surface area contributed by atoms with Gasteiger partial charge >= 0.3 is 0 Å². The minimum atomic E-state index is 0.833. The van der Waals surface area contributed by atoms with Gasteiger partial charge in [-0.2, -0.15) is 0 Å². The Morgan fingerprint density at radius 2 is 1.56 bits per heavy atom. The van der Waals surface area contributed by atoms with Gasteiger partial charge in [-0.05, 0) is 42.3 Å². The fraction of sp³-hybridized carbons (Fsp3) is 0.250. The van der Waals surface area contributed by atoms with Crippen LogP contribution in [0.1, 0.15) is 18.9 Å². The largest absolute Gasteiger partial charge is 0.497 e. The number of aryl methyl sites for hydroxylation is 1. The van der Waals surface area contributed by atoms with Crippen LogP contribution in [0.25, 0.3) is 0 Å². The van der Waals surface area contributed by atoms with Crippen LogP contribution in [0, 0.1) is 0 Å². The van der Waals surface area contributed by atoms with Crippen molar-refractivity contribution >= 4 is 0 Å². The average Bonchev–Trinajstić information content (AvgIpc) is 2.42. The Balaban J connectivity index is 2.17. The molecule has 0 fully saturated rings. The van der Waals surface area contributed by atoms with E-state index >= 15 is 0 Å². The summed E-state index contributed by atoms with van der Waals surface area (Å²) in [6.07, 6.45) is 2.15. The highest BCUT2D eigenvalue weighted by molar-refractivity contribution is 5.39. The van der Waals surface area contributed by atoms with Gasteiger partial charge in [0, 0.05) is 0 Å². The molecular weight excluding hydrogens is 224 g/mol. The number of rotatable bonds is 5. The summed E-state index contributed by atoms with van der Waals surface area (Å²) in [5.74, 6) is 2.60. The smallest absolute Gasteiger partial charge is 0.130 e. The van der Waals surface area contributed by atoms with Gasteiger partial charge in [0.2, 0.25) is 0 Å². The van der Waals surface area contributed by atoms with Gasteiger partial charge in [0.05, 0.1) is 7.11 Å². The van der Waals surface area contributed by atoms with Crippen LogP contribution >= 0.6 is 0 Å². The molecule has 2 nitrogen and oxygen atoms in total. The summed E-state index contributed by atoms with van der Waals surface area (Å²) in [4.78, 5) is 0. The first-order valence-electron chi connectivity index (χ1n) is 6.23. The summed E-state index contributed by atoms with van der Waals surface area (Å²) in [6, 6.07) is 15.8. The number of hydrogen-bond donors (Lipinski definition) is 0. The van der Waals surface area contributed by atoms with Gasteiger partial charge in [0.15, 0.2) is 0 Å². The lowest BCUT2D eigenvalue weighted by atomic mass is 10.1. The maximum Gasteiger partial charge on any atom is 0.130 e. The molecule has 0 saturated carbocycles. The lowest BCUT2D eigenvalue weighted by Crippen LogP contribution is -1.91. The predicted octanol–water partition coefficient (Wildman–Crippen LogP) is 4.44. The first kappa shape index (κ1) is 12.5. The van der Waals surface area contributed by atoms with E-state index in [0.29, 0.717) is 0 Å². The van der Waals surface area contributed by atoms with E-state index in [-0.39, 0.29) is 0 Å². The summed E-state index contributed by atoms with van der Waals surface area (Å²) in [5.41, 5.74) is 1.25. The number of methoxy groups -OCH3 is 1. The lowest BCUT2D eigenvalue weighted by molar-refractivity contribution is 0.412. The summed E-state index contributed by atoms with van der Waals surface area (Å²) in [6.45, 7) is 2.17. The first-order chi connectivity index (χ1) is 8.83. The highest BCUT2D eigenvalue weighted by Gasteiger charge is 2.03. The van der Waals surface area contributed by atoms with Crippen LogP contribution < -0.4 is 9.47 Å². The zero-order chi connectivity index (χ0) is 12.8. The van der Waals surface area contributed by atoms with Crippen LogP contribution in [0.15, 0.2) is 48.5 Å². The van der Waals surface area contributed by atoms with Crippen LogP contribution in [0.5, 0.6) is 17.2 Å². The zero-order valence-electron chi connectivity index (χ0n) is 10.8. The molecule has 0 aliphatic heterocycles. The standard InChI is InChI=1S/C16H18O2/c1-3-6-13-7-4-5-8-16(13)18-15-11-9-14(17-2)10-12-15/h4-5,7-12H,3,6H2,1-2H3. The maximum absolute atomic E-state index is 5.91. The van der Waals surface area contributed by atoms with E-state index in [1.54, 1.807) is 7.11 Å². The molecule has 18 heavy (non-hydrogen) atoms. The van der Waals surface area contributed by atoms with Gasteiger partial charge < -0.3 is 9.47 Å². The van der Waals surface area contributed by atoms with Gasteiger partial charge in [-0.15, -0.1) is 0 Å². The minimum Gasteiger partial charge on any atom is -0.497 e. The Bertz CT molecular complexity index is 489. The van der Waals surface area contributed by atoms with Crippen molar-refractivity contribution in [1.29, 1.82) is 0 Å². The second-order valence-corrected chi connectivity index (χ2v) is 4.14. The molecule has 2 aromatic carbocycles. The number of hydrogen-bond acceptors (Lipinski definition) is 2. The van der Waals surface area contributed by atoms with Crippen molar-refractivity contribution < 1.29 is 9.47 Å². The van der Waals surface area contributed by atoms with Crippen LogP contribution in [0.3, 0.4) is 0 Å². The topological polar surface area (TPSA) is 18.5 Å². The van der Waals surface area contributed by atoms with Crippen LogP contribution in [0.2, 0.25) is 0 Å². The monoisotopic (exact) mass is 242 g/mol. The molecule has 0 aliphatic carbocycles. The minimum absolute atomic E-state index is 0.833. The number of benzene rings is 2. The third-order valence-corrected chi connectivity index (χ3v) is 2.78. The quantitative estimate of drug-likeness (QED) is 0.771. The van der Waals surface area contributed by atoms with Crippen molar-refractivity contribution in [3.8, 4) is 17.2 Å². The molecule has 0 heterocycles. The molecular formula is C16H18O2. The molecule has 2 heteroatoms. The lowest BCUT2D eigenvalue weighted by Gasteiger charge is -2.10. The van der Waals surface area contributed by atoms with Crippen molar-refractivity contribution in [1.82, 2.24) is 0 Å². The molecule has 2 aromatic rings. The zero-order valence-corrected chi connectivity index (χ0v) is 10.8. The van der Waals surface area contributed by atoms with Gasteiger partial charge in [0.1, 0.15) is 17.2 Å². The molecule has 0 spiro atoms. The van der Waals surface area contributed by atoms with Crippen LogP contribution in [-0.2, 0) is 6.42 Å². The van der Waals surface area contributed by atoms with E-state index in [1.807, 2.05) is 42.5 Å². The Morgan fingerprint density at radius 3 is 2.22 bits per heavy atom. The highest BCUT2D eigenvalue weighted by atomic mass is 16.5. The van der Waals surface area contributed by atoms with E-state index in [9.17, 15) is 0 Å². The average molecular weight is 242 g/mol. The van der Waals surface area contributed by atoms with Crippen molar-refractivity contribution in [3.63, 3.8) is 0 Å². The summed E-state index contributed by atoms with van der Waals surface area (Å²) >= 11 is 0. The first-order valence-corrected chi connectivity index (χ1v) is 6.23. The van der Waals surface area contributed by atoms with Crippen molar-refractivity contribution in [3.05, 3.63) is 54.1 Å². The van der Waals surface area contributed by atoms with E-state index in [2.05, 4.69) is 13.0 Å². The van der Waals surface area contributed by atoms with Crippen molar-refractivity contribution in [2.24, 2.45) is 0 Å². The van der Waals surface area contributed by atoms with Gasteiger partial charge in [-0.25, -0.2) is 0 Å². The molecule has 0 bridgehead atoms. The molecule has 94 valence electrons. The van der Waals surface area contributed by atoms with E-state index in [0.717, 1.165) is 30.1 Å². The Hall–Kier alpha value is -1.96. The normalized spacial score (nSPS) is 10.1. The molecule has 0 saturated heterocycles. The number of ether oxygens (including phenoxy) is 2. The van der Waals surface area contributed by atoms with Gasteiger partial charge in [0.25, 0.3) is 0 Å². The van der Waals surface area contributed by atoms with E-state index in [4.69, 9.17) is 9.47 Å².